The van der Waals surface area contributed by atoms with Crippen molar-refractivity contribution in [1.82, 2.24) is 14.7 Å². The van der Waals surface area contributed by atoms with E-state index in [1.807, 2.05) is 108 Å². The molecule has 206 valence electrons. The predicted molar refractivity (Wildman–Crippen MR) is 158 cm³/mol. The summed E-state index contributed by atoms with van der Waals surface area (Å²) in [5.41, 5.74) is 3.00. The van der Waals surface area contributed by atoms with Crippen LogP contribution in [0.2, 0.25) is 0 Å². The Labute approximate surface area is 235 Å². The van der Waals surface area contributed by atoms with Crippen molar-refractivity contribution in [3.05, 3.63) is 90.3 Å². The van der Waals surface area contributed by atoms with E-state index in [0.29, 0.717) is 19.8 Å². The van der Waals surface area contributed by atoms with Gasteiger partial charge in [0.05, 0.1) is 5.69 Å². The lowest BCUT2D eigenvalue weighted by molar-refractivity contribution is -0.137. The lowest BCUT2D eigenvalue weighted by atomic mass is 10.1. The van der Waals surface area contributed by atoms with Gasteiger partial charge in [-0.2, -0.15) is 5.10 Å². The molecule has 0 bridgehead atoms. The number of carbonyl (C=O) groups excluding carboxylic acids is 2. The van der Waals surface area contributed by atoms with Crippen LogP contribution in [0.5, 0.6) is 5.75 Å². The number of amides is 2. The summed E-state index contributed by atoms with van der Waals surface area (Å²) in [6.07, 6.45) is 3.04. The molecule has 0 aliphatic carbocycles. The Morgan fingerprint density at radius 1 is 0.949 bits per heavy atom. The first kappa shape index (κ1) is 29.7. The third-order valence-electron chi connectivity index (χ3n) is 6.45. The molecule has 0 aliphatic rings. The van der Waals surface area contributed by atoms with Gasteiger partial charge in [-0.15, -0.1) is 11.6 Å². The number of halogens is 1. The highest BCUT2D eigenvalue weighted by Crippen LogP contribution is 2.27. The fraction of sp³-hybridized carbons (Fsp3) is 0.323. The molecule has 3 aromatic carbocycles. The van der Waals surface area contributed by atoms with Gasteiger partial charge in [0.25, 0.3) is 5.91 Å². The van der Waals surface area contributed by atoms with Crippen molar-refractivity contribution in [2.24, 2.45) is 0 Å². The number of carbonyl (C=O) groups is 2. The van der Waals surface area contributed by atoms with Crippen LogP contribution in [0.25, 0.3) is 10.8 Å². The fourth-order valence-electron chi connectivity index (χ4n) is 4.44. The molecule has 0 fully saturated rings. The molecular weight excluding hydrogens is 512 g/mol. The number of anilines is 1. The number of aryl methyl sites for hydroxylation is 2. The zero-order valence-corrected chi connectivity index (χ0v) is 24.1. The Bertz CT molecular complexity index is 1340. The Balaban J connectivity index is 0.000000216. The molecule has 0 radical (unpaired) electrons. The van der Waals surface area contributed by atoms with Crippen LogP contribution >= 0.6 is 11.6 Å². The molecule has 0 saturated heterocycles. The number of likely N-dealkylation sites (N-methyl/N-ethyl adjacent to an activating group) is 1. The number of benzene rings is 3. The van der Waals surface area contributed by atoms with Crippen LogP contribution in [-0.2, 0) is 16.3 Å². The van der Waals surface area contributed by atoms with Gasteiger partial charge >= 0.3 is 0 Å². The van der Waals surface area contributed by atoms with E-state index < -0.39 is 6.10 Å². The van der Waals surface area contributed by atoms with E-state index in [9.17, 15) is 9.59 Å². The predicted octanol–water partition coefficient (Wildman–Crippen LogP) is 6.20. The van der Waals surface area contributed by atoms with Crippen molar-refractivity contribution >= 4 is 39.9 Å². The maximum Gasteiger partial charge on any atom is 0.263 e. The number of aromatic nitrogens is 2. The van der Waals surface area contributed by atoms with Crippen molar-refractivity contribution in [1.29, 1.82) is 0 Å². The summed E-state index contributed by atoms with van der Waals surface area (Å²) >= 11 is 5.72. The summed E-state index contributed by atoms with van der Waals surface area (Å²) in [5, 5.41) is 6.29. The van der Waals surface area contributed by atoms with Crippen molar-refractivity contribution < 1.29 is 14.3 Å². The minimum atomic E-state index is -0.472. The number of hydrogen-bond donors (Lipinski definition) is 0. The second-order valence-electron chi connectivity index (χ2n) is 9.13. The summed E-state index contributed by atoms with van der Waals surface area (Å²) in [6, 6.07) is 21.7. The van der Waals surface area contributed by atoms with Crippen molar-refractivity contribution in [3.63, 3.8) is 0 Å². The van der Waals surface area contributed by atoms with Gasteiger partial charge in [-0.3, -0.25) is 19.2 Å². The van der Waals surface area contributed by atoms with Crippen molar-refractivity contribution in [3.8, 4) is 5.75 Å². The number of fused-ring (bicyclic) bond motifs is 1. The monoisotopic (exact) mass is 548 g/mol. The second-order valence-corrected chi connectivity index (χ2v) is 9.40. The number of nitrogens with zero attached hydrogens (tertiary/aromatic N) is 4. The van der Waals surface area contributed by atoms with Gasteiger partial charge < -0.3 is 9.64 Å². The first-order valence-electron chi connectivity index (χ1n) is 13.1. The Morgan fingerprint density at radius 2 is 1.59 bits per heavy atom. The first-order valence-corrected chi connectivity index (χ1v) is 13.7. The summed E-state index contributed by atoms with van der Waals surface area (Å²) in [5.74, 6) is 0.614. The zero-order chi connectivity index (χ0) is 28.4. The molecule has 7 nitrogen and oxygen atoms in total. The summed E-state index contributed by atoms with van der Waals surface area (Å²) in [4.78, 5) is 27.8. The fourth-order valence-corrected chi connectivity index (χ4v) is 4.58. The molecular formula is C31H37ClN4O3. The first-order chi connectivity index (χ1) is 18.8. The standard InChI is InChI=1S/C17H21NO2.C14H16ClN3O/c1-4-18(5-2)17(19)13(3)20-16-12-8-10-14-9-6-7-11-15(14)16;1-11-5-3-6-12(2)14(11)18(13(19)9-15)10-17-8-4-7-16-17/h6-13H,4-5H2,1-3H3;3-8H,9-10H2,1-2H3. The summed E-state index contributed by atoms with van der Waals surface area (Å²) < 4.78 is 7.59. The van der Waals surface area contributed by atoms with Gasteiger partial charge in [0.15, 0.2) is 6.10 Å². The zero-order valence-electron chi connectivity index (χ0n) is 23.3. The molecule has 1 aromatic heterocycles. The van der Waals surface area contributed by atoms with E-state index in [1.54, 1.807) is 20.7 Å². The Morgan fingerprint density at radius 3 is 2.21 bits per heavy atom. The molecule has 4 aromatic rings. The molecule has 8 heteroatoms. The Kier molecular flexibility index (Phi) is 10.9. The lowest BCUT2D eigenvalue weighted by Gasteiger charge is -2.25. The molecule has 0 spiro atoms. The second kappa shape index (κ2) is 14.4. The van der Waals surface area contributed by atoms with Gasteiger partial charge in [0, 0.05) is 30.9 Å². The smallest absolute Gasteiger partial charge is 0.263 e. The van der Waals surface area contributed by atoms with Gasteiger partial charge in [-0.1, -0.05) is 54.6 Å². The highest BCUT2D eigenvalue weighted by Gasteiger charge is 2.21. The van der Waals surface area contributed by atoms with E-state index in [4.69, 9.17) is 16.3 Å². The van der Waals surface area contributed by atoms with Crippen molar-refractivity contribution in [2.75, 3.05) is 23.9 Å². The average Bonchev–Trinajstić information content (AvgIpc) is 3.46. The number of rotatable bonds is 9. The van der Waals surface area contributed by atoms with Crippen LogP contribution in [-0.4, -0.2) is 51.6 Å². The molecule has 39 heavy (non-hydrogen) atoms. The normalized spacial score (nSPS) is 11.3. The number of alkyl halides is 1. The highest BCUT2D eigenvalue weighted by atomic mass is 35.5. The largest absolute Gasteiger partial charge is 0.480 e. The molecule has 0 N–H and O–H groups in total. The van der Waals surface area contributed by atoms with Gasteiger partial charge in [-0.25, -0.2) is 0 Å². The minimum absolute atomic E-state index is 0.0305. The maximum absolute atomic E-state index is 12.2. The third kappa shape index (κ3) is 7.60. The SMILES string of the molecule is CCN(CC)C(=O)C(C)Oc1cccc2ccccc12.Cc1cccc(C)c1N(Cn1cccn1)C(=O)CCl. The maximum atomic E-state index is 12.2. The van der Waals surface area contributed by atoms with E-state index in [1.165, 1.54) is 0 Å². The van der Waals surface area contributed by atoms with Gasteiger partial charge in [0.1, 0.15) is 18.3 Å². The minimum Gasteiger partial charge on any atom is -0.480 e. The van der Waals surface area contributed by atoms with Crippen LogP contribution in [0.15, 0.2) is 79.1 Å². The van der Waals surface area contributed by atoms with Crippen LogP contribution in [0, 0.1) is 13.8 Å². The van der Waals surface area contributed by atoms with E-state index in [0.717, 1.165) is 33.3 Å². The number of para-hydroxylation sites is 1. The van der Waals surface area contributed by atoms with Crippen LogP contribution in [0.3, 0.4) is 0 Å². The third-order valence-corrected chi connectivity index (χ3v) is 6.68. The quantitative estimate of drug-likeness (QED) is 0.233. The highest BCUT2D eigenvalue weighted by molar-refractivity contribution is 6.29. The lowest BCUT2D eigenvalue weighted by Crippen LogP contribution is -2.40. The number of ether oxygens (including phenoxy) is 1. The molecule has 0 aliphatic heterocycles. The van der Waals surface area contributed by atoms with E-state index in [2.05, 4.69) is 5.10 Å². The molecule has 0 saturated carbocycles. The Hall–Kier alpha value is -3.84. The molecule has 1 unspecified atom stereocenters. The number of hydrogen-bond acceptors (Lipinski definition) is 4. The molecule has 1 atom stereocenters. The van der Waals surface area contributed by atoms with Gasteiger partial charge in [0.2, 0.25) is 5.91 Å². The van der Waals surface area contributed by atoms with Gasteiger partial charge in [-0.05, 0) is 63.3 Å². The summed E-state index contributed by atoms with van der Waals surface area (Å²) in [7, 11) is 0. The topological polar surface area (TPSA) is 67.7 Å². The van der Waals surface area contributed by atoms with Crippen LogP contribution in [0.4, 0.5) is 5.69 Å². The molecule has 2 amide bonds. The van der Waals surface area contributed by atoms with Crippen LogP contribution in [0.1, 0.15) is 31.9 Å². The van der Waals surface area contributed by atoms with Crippen molar-refractivity contribution in [2.45, 2.75) is 47.4 Å². The summed E-state index contributed by atoms with van der Waals surface area (Å²) in [6.45, 7) is 11.5. The molecule has 4 rings (SSSR count). The van der Waals surface area contributed by atoms with Crippen LogP contribution < -0.4 is 9.64 Å². The van der Waals surface area contributed by atoms with E-state index >= 15 is 0 Å². The average molecular weight is 549 g/mol. The molecule has 1 heterocycles. The van der Waals surface area contributed by atoms with E-state index in [-0.39, 0.29) is 17.7 Å².